The van der Waals surface area contributed by atoms with Crippen LogP contribution in [0.3, 0.4) is 0 Å². The van der Waals surface area contributed by atoms with Crippen molar-refractivity contribution in [2.24, 2.45) is 0 Å². The average Bonchev–Trinajstić information content (AvgIpc) is 3.25. The minimum Gasteiger partial charge on any atom is -0.332 e. The van der Waals surface area contributed by atoms with Gasteiger partial charge in [0.15, 0.2) is 0 Å². The molecule has 0 aliphatic carbocycles. The van der Waals surface area contributed by atoms with E-state index in [0.717, 1.165) is 21.8 Å². The van der Waals surface area contributed by atoms with Gasteiger partial charge in [0.05, 0.1) is 10.7 Å². The minimum absolute atomic E-state index is 0.416. The molecule has 0 bridgehead atoms. The fourth-order valence-corrected chi connectivity index (χ4v) is 2.84. The molecule has 3 heterocycles. The number of aromatic nitrogens is 4. The molecule has 6 heteroatoms. The summed E-state index contributed by atoms with van der Waals surface area (Å²) in [5.74, 6) is 0.964. The van der Waals surface area contributed by atoms with Crippen molar-refractivity contribution in [1.29, 1.82) is 0 Å². The van der Waals surface area contributed by atoms with Gasteiger partial charge in [-0.1, -0.05) is 35.5 Å². The Morgan fingerprint density at radius 1 is 0.913 bits per heavy atom. The Kier molecular flexibility index (Phi) is 3.44. The largest absolute Gasteiger partial charge is 0.332 e. The number of thiazole rings is 1. The maximum absolute atomic E-state index is 5.29. The van der Waals surface area contributed by atoms with Gasteiger partial charge in [-0.25, -0.2) is 4.98 Å². The van der Waals surface area contributed by atoms with Gasteiger partial charge in [0.2, 0.25) is 5.82 Å². The standard InChI is InChI=1S/C17H12N4OS/c1-11-19-15(10-23-11)12-5-7-13(8-6-12)16-20-17(22-21-16)14-4-2-3-9-18-14/h2-10H,1H3. The first-order chi connectivity index (χ1) is 11.3. The molecule has 0 aliphatic heterocycles. The third kappa shape index (κ3) is 2.76. The number of nitrogens with zero attached hydrogens (tertiary/aromatic N) is 4. The first-order valence-electron chi connectivity index (χ1n) is 7.08. The SMILES string of the molecule is Cc1nc(-c2ccc(-c3noc(-c4ccccn4)n3)cc2)cs1. The van der Waals surface area contributed by atoms with E-state index >= 15 is 0 Å². The summed E-state index contributed by atoms with van der Waals surface area (Å²) in [4.78, 5) is 13.1. The second kappa shape index (κ2) is 5.73. The molecule has 0 radical (unpaired) electrons. The highest BCUT2D eigenvalue weighted by Gasteiger charge is 2.11. The maximum atomic E-state index is 5.29. The van der Waals surface area contributed by atoms with Crippen LogP contribution in [0.5, 0.6) is 0 Å². The Balaban J connectivity index is 1.63. The van der Waals surface area contributed by atoms with Crippen LogP contribution in [0.1, 0.15) is 5.01 Å². The highest BCUT2D eigenvalue weighted by Crippen LogP contribution is 2.25. The van der Waals surface area contributed by atoms with Gasteiger partial charge in [0, 0.05) is 22.7 Å². The average molecular weight is 320 g/mol. The molecule has 0 unspecified atom stereocenters. The van der Waals surface area contributed by atoms with Crippen molar-refractivity contribution >= 4 is 11.3 Å². The molecule has 1 aromatic carbocycles. The van der Waals surface area contributed by atoms with E-state index in [2.05, 4.69) is 25.5 Å². The molecule has 0 spiro atoms. The lowest BCUT2D eigenvalue weighted by Crippen LogP contribution is -1.84. The molecule has 0 N–H and O–H groups in total. The highest BCUT2D eigenvalue weighted by molar-refractivity contribution is 7.09. The van der Waals surface area contributed by atoms with Crippen LogP contribution in [0.2, 0.25) is 0 Å². The number of pyridine rings is 1. The van der Waals surface area contributed by atoms with Crippen LogP contribution in [0.4, 0.5) is 0 Å². The number of hydrogen-bond acceptors (Lipinski definition) is 6. The van der Waals surface area contributed by atoms with Crippen molar-refractivity contribution < 1.29 is 4.52 Å². The van der Waals surface area contributed by atoms with Crippen LogP contribution in [-0.4, -0.2) is 20.1 Å². The minimum atomic E-state index is 0.416. The molecular weight excluding hydrogens is 308 g/mol. The lowest BCUT2D eigenvalue weighted by Gasteiger charge is -1.98. The van der Waals surface area contributed by atoms with E-state index in [-0.39, 0.29) is 0 Å². The zero-order chi connectivity index (χ0) is 15.6. The maximum Gasteiger partial charge on any atom is 0.276 e. The van der Waals surface area contributed by atoms with Crippen molar-refractivity contribution in [2.75, 3.05) is 0 Å². The summed E-state index contributed by atoms with van der Waals surface area (Å²) in [6, 6.07) is 13.5. The van der Waals surface area contributed by atoms with Crippen molar-refractivity contribution in [1.82, 2.24) is 20.1 Å². The Morgan fingerprint density at radius 3 is 2.43 bits per heavy atom. The number of hydrogen-bond donors (Lipinski definition) is 0. The van der Waals surface area contributed by atoms with Gasteiger partial charge in [0.1, 0.15) is 5.69 Å². The Hall–Kier alpha value is -2.86. The first kappa shape index (κ1) is 13.8. The predicted octanol–water partition coefficient (Wildman–Crippen LogP) is 4.23. The molecule has 23 heavy (non-hydrogen) atoms. The normalized spacial score (nSPS) is 10.8. The van der Waals surface area contributed by atoms with E-state index < -0.39 is 0 Å². The zero-order valence-corrected chi connectivity index (χ0v) is 13.1. The molecular formula is C17H12N4OS. The molecule has 0 fully saturated rings. The van der Waals surface area contributed by atoms with Crippen LogP contribution in [0.25, 0.3) is 34.2 Å². The number of rotatable bonds is 3. The van der Waals surface area contributed by atoms with E-state index in [1.165, 1.54) is 0 Å². The lowest BCUT2D eigenvalue weighted by atomic mass is 10.1. The van der Waals surface area contributed by atoms with Gasteiger partial charge < -0.3 is 4.52 Å². The van der Waals surface area contributed by atoms with Gasteiger partial charge >= 0.3 is 0 Å². The van der Waals surface area contributed by atoms with Gasteiger partial charge in [0.25, 0.3) is 5.89 Å². The Morgan fingerprint density at radius 2 is 1.74 bits per heavy atom. The van der Waals surface area contributed by atoms with Crippen molar-refractivity contribution in [3.63, 3.8) is 0 Å². The van der Waals surface area contributed by atoms with E-state index in [0.29, 0.717) is 17.4 Å². The van der Waals surface area contributed by atoms with E-state index in [9.17, 15) is 0 Å². The van der Waals surface area contributed by atoms with Crippen molar-refractivity contribution in [3.05, 3.63) is 59.0 Å². The van der Waals surface area contributed by atoms with Crippen LogP contribution in [0, 0.1) is 6.92 Å². The zero-order valence-electron chi connectivity index (χ0n) is 12.3. The third-order valence-electron chi connectivity index (χ3n) is 3.37. The van der Waals surface area contributed by atoms with E-state index in [1.807, 2.05) is 49.4 Å². The summed E-state index contributed by atoms with van der Waals surface area (Å²) in [5.41, 5.74) is 3.63. The second-order valence-electron chi connectivity index (χ2n) is 4.97. The second-order valence-corrected chi connectivity index (χ2v) is 6.03. The fourth-order valence-electron chi connectivity index (χ4n) is 2.22. The van der Waals surface area contributed by atoms with Crippen LogP contribution in [0.15, 0.2) is 58.6 Å². The van der Waals surface area contributed by atoms with Gasteiger partial charge in [-0.2, -0.15) is 4.98 Å². The van der Waals surface area contributed by atoms with Gasteiger partial charge in [-0.05, 0) is 19.1 Å². The van der Waals surface area contributed by atoms with Crippen LogP contribution >= 0.6 is 11.3 Å². The summed E-state index contributed by atoms with van der Waals surface area (Å²) in [6.07, 6.45) is 1.70. The fraction of sp³-hybridized carbons (Fsp3) is 0.0588. The molecule has 3 aromatic heterocycles. The molecule has 0 saturated heterocycles. The van der Waals surface area contributed by atoms with Crippen molar-refractivity contribution in [3.8, 4) is 34.2 Å². The Bertz CT molecular complexity index is 929. The van der Waals surface area contributed by atoms with E-state index in [4.69, 9.17) is 4.52 Å². The summed E-state index contributed by atoms with van der Waals surface area (Å²) in [5, 5.41) is 7.14. The van der Waals surface area contributed by atoms with Crippen LogP contribution in [-0.2, 0) is 0 Å². The monoisotopic (exact) mass is 320 g/mol. The first-order valence-corrected chi connectivity index (χ1v) is 7.95. The molecule has 0 aliphatic rings. The quantitative estimate of drug-likeness (QED) is 0.565. The highest BCUT2D eigenvalue weighted by atomic mass is 32.1. The van der Waals surface area contributed by atoms with Crippen LogP contribution < -0.4 is 0 Å². The molecule has 0 saturated carbocycles. The van der Waals surface area contributed by atoms with Gasteiger partial charge in [-0.3, -0.25) is 4.98 Å². The lowest BCUT2D eigenvalue weighted by molar-refractivity contribution is 0.431. The van der Waals surface area contributed by atoms with Gasteiger partial charge in [-0.15, -0.1) is 11.3 Å². The molecule has 112 valence electrons. The summed E-state index contributed by atoms with van der Waals surface area (Å²) < 4.78 is 5.29. The molecule has 0 atom stereocenters. The molecule has 0 amide bonds. The topological polar surface area (TPSA) is 64.7 Å². The molecule has 4 rings (SSSR count). The molecule has 4 aromatic rings. The third-order valence-corrected chi connectivity index (χ3v) is 4.14. The summed E-state index contributed by atoms with van der Waals surface area (Å²) >= 11 is 1.64. The molecule has 5 nitrogen and oxygen atoms in total. The van der Waals surface area contributed by atoms with Crippen molar-refractivity contribution in [2.45, 2.75) is 6.92 Å². The summed E-state index contributed by atoms with van der Waals surface area (Å²) in [6.45, 7) is 2.00. The summed E-state index contributed by atoms with van der Waals surface area (Å²) in [7, 11) is 0. The Labute approximate surface area is 136 Å². The number of benzene rings is 1. The predicted molar refractivity (Wildman–Crippen MR) is 88.8 cm³/mol. The smallest absolute Gasteiger partial charge is 0.276 e. The number of aryl methyl sites for hydroxylation is 1. The van der Waals surface area contributed by atoms with E-state index in [1.54, 1.807) is 17.5 Å².